The number of carbonyl (C=O) groups excluding carboxylic acids is 1. The Morgan fingerprint density at radius 1 is 1.05 bits per heavy atom. The summed E-state index contributed by atoms with van der Waals surface area (Å²) in [6.45, 7) is 1.66. The molecule has 2 aliphatic rings. The summed E-state index contributed by atoms with van der Waals surface area (Å²) in [6.07, 6.45) is 8.39. The molecule has 1 aromatic carbocycles. The zero-order valence-electron chi connectivity index (χ0n) is 22.1. The van der Waals surface area contributed by atoms with E-state index < -0.39 is 15.4 Å². The van der Waals surface area contributed by atoms with Crippen molar-refractivity contribution in [2.45, 2.75) is 31.1 Å². The summed E-state index contributed by atoms with van der Waals surface area (Å²) in [5.41, 5.74) is 4.45. The van der Waals surface area contributed by atoms with E-state index in [-0.39, 0.29) is 5.91 Å². The van der Waals surface area contributed by atoms with Crippen molar-refractivity contribution in [1.82, 2.24) is 14.9 Å². The maximum absolute atomic E-state index is 13.2. The third-order valence-electron chi connectivity index (χ3n) is 7.56. The van der Waals surface area contributed by atoms with Gasteiger partial charge < -0.3 is 14.7 Å². The number of rotatable bonds is 8. The van der Waals surface area contributed by atoms with E-state index in [0.717, 1.165) is 78.3 Å². The van der Waals surface area contributed by atoms with E-state index in [1.165, 1.54) is 0 Å². The lowest BCUT2D eigenvalue weighted by molar-refractivity contribution is -0.125. The number of benzene rings is 1. The van der Waals surface area contributed by atoms with Crippen molar-refractivity contribution in [3.8, 4) is 11.1 Å². The van der Waals surface area contributed by atoms with Crippen molar-refractivity contribution in [3.63, 3.8) is 0 Å². The number of pyridine rings is 2. The van der Waals surface area contributed by atoms with Crippen LogP contribution < -0.4 is 14.5 Å². The standard InChI is InChI=1S/C27H34N6O3S/c1-31(2)12-7-13-32(3)25-22(30-37(5,35)36)15-19(16-29-25)18-8-9-21-20(14-18)24-23(17-28-21)33(4)26(34)27(24)10-6-11-27/h8-9,14-17,30H,6-7,10-13H2,1-5H3. The minimum atomic E-state index is -3.51. The lowest BCUT2D eigenvalue weighted by Gasteiger charge is -2.37. The van der Waals surface area contributed by atoms with Crippen molar-refractivity contribution in [2.75, 3.05) is 62.1 Å². The minimum absolute atomic E-state index is 0.149. The fourth-order valence-corrected chi connectivity index (χ4v) is 6.12. The van der Waals surface area contributed by atoms with Gasteiger partial charge in [0.15, 0.2) is 5.82 Å². The molecule has 0 radical (unpaired) electrons. The number of hydrogen-bond acceptors (Lipinski definition) is 7. The van der Waals surface area contributed by atoms with E-state index in [1.807, 2.05) is 51.3 Å². The van der Waals surface area contributed by atoms with Gasteiger partial charge in [-0.05, 0) is 63.7 Å². The third kappa shape index (κ3) is 4.53. The Balaban J connectivity index is 1.57. The molecule has 10 heteroatoms. The van der Waals surface area contributed by atoms with Crippen LogP contribution in [0.1, 0.15) is 31.2 Å². The smallest absolute Gasteiger partial charge is 0.237 e. The molecule has 0 saturated heterocycles. The first-order chi connectivity index (χ1) is 17.5. The number of nitrogens with one attached hydrogen (secondary N) is 1. The molecule has 0 atom stereocenters. The van der Waals surface area contributed by atoms with Crippen LogP contribution in [0.5, 0.6) is 0 Å². The number of sulfonamides is 1. The molecule has 9 nitrogen and oxygen atoms in total. The molecule has 3 heterocycles. The fraction of sp³-hybridized carbons (Fsp3) is 0.444. The number of hydrogen-bond donors (Lipinski definition) is 1. The van der Waals surface area contributed by atoms with E-state index in [1.54, 1.807) is 17.3 Å². The second-order valence-corrected chi connectivity index (χ2v) is 12.3. The summed E-state index contributed by atoms with van der Waals surface area (Å²) < 4.78 is 27.0. The van der Waals surface area contributed by atoms with Gasteiger partial charge in [-0.2, -0.15) is 0 Å². The number of fused-ring (bicyclic) bond motifs is 4. The lowest BCUT2D eigenvalue weighted by Crippen LogP contribution is -2.43. The second-order valence-electron chi connectivity index (χ2n) is 10.6. The molecule has 1 saturated carbocycles. The average molecular weight is 523 g/mol. The minimum Gasteiger partial charge on any atom is -0.358 e. The molecule has 1 N–H and O–H groups in total. The zero-order chi connectivity index (χ0) is 26.5. The summed E-state index contributed by atoms with van der Waals surface area (Å²) >= 11 is 0. The summed E-state index contributed by atoms with van der Waals surface area (Å²) in [6, 6.07) is 7.83. The van der Waals surface area contributed by atoms with Crippen molar-refractivity contribution in [2.24, 2.45) is 0 Å². The highest BCUT2D eigenvalue weighted by Crippen LogP contribution is 2.55. The molecular weight excluding hydrogens is 488 g/mol. The largest absolute Gasteiger partial charge is 0.358 e. The maximum Gasteiger partial charge on any atom is 0.237 e. The number of nitrogens with zero attached hydrogens (tertiary/aromatic N) is 5. The first-order valence-electron chi connectivity index (χ1n) is 12.6. The van der Waals surface area contributed by atoms with Gasteiger partial charge in [0.1, 0.15) is 0 Å². The van der Waals surface area contributed by atoms with Gasteiger partial charge in [0.05, 0.1) is 34.8 Å². The molecule has 37 heavy (non-hydrogen) atoms. The molecule has 0 bridgehead atoms. The molecular formula is C27H34N6O3S. The second kappa shape index (κ2) is 9.25. The van der Waals surface area contributed by atoms with Gasteiger partial charge in [0.2, 0.25) is 15.9 Å². The third-order valence-corrected chi connectivity index (χ3v) is 8.16. The number of aromatic nitrogens is 2. The zero-order valence-corrected chi connectivity index (χ0v) is 22.9. The molecule has 1 aliphatic heterocycles. The van der Waals surface area contributed by atoms with Crippen molar-refractivity contribution >= 4 is 44.0 Å². The van der Waals surface area contributed by atoms with Crippen LogP contribution in [0.3, 0.4) is 0 Å². The molecule has 0 unspecified atom stereocenters. The SMILES string of the molecule is CN(C)CCCN(C)c1ncc(-c2ccc3ncc4c(c3c2)C2(CCC2)C(=O)N4C)cc1NS(C)(=O)=O. The van der Waals surface area contributed by atoms with Crippen LogP contribution in [0.2, 0.25) is 0 Å². The van der Waals surface area contributed by atoms with Crippen LogP contribution in [-0.4, -0.2) is 76.7 Å². The van der Waals surface area contributed by atoms with Crippen LogP contribution in [0, 0.1) is 0 Å². The van der Waals surface area contributed by atoms with E-state index in [2.05, 4.69) is 25.7 Å². The van der Waals surface area contributed by atoms with Crippen LogP contribution in [-0.2, 0) is 20.2 Å². The van der Waals surface area contributed by atoms with Crippen molar-refractivity contribution < 1.29 is 13.2 Å². The molecule has 1 fully saturated rings. The summed E-state index contributed by atoms with van der Waals surface area (Å²) in [5.74, 6) is 0.730. The first-order valence-corrected chi connectivity index (χ1v) is 14.4. The topological polar surface area (TPSA) is 98.7 Å². The normalized spacial score (nSPS) is 16.4. The average Bonchev–Trinajstić information content (AvgIpc) is 3.04. The van der Waals surface area contributed by atoms with Gasteiger partial charge >= 0.3 is 0 Å². The van der Waals surface area contributed by atoms with Gasteiger partial charge in [-0.3, -0.25) is 14.5 Å². The molecule has 196 valence electrons. The predicted molar refractivity (Wildman–Crippen MR) is 149 cm³/mol. The predicted octanol–water partition coefficient (Wildman–Crippen LogP) is 3.45. The van der Waals surface area contributed by atoms with E-state index >= 15 is 0 Å². The Hall–Kier alpha value is -3.24. The van der Waals surface area contributed by atoms with E-state index in [0.29, 0.717) is 11.5 Å². The molecule has 3 aromatic rings. The van der Waals surface area contributed by atoms with Gasteiger partial charge in [-0.1, -0.05) is 12.5 Å². The Morgan fingerprint density at radius 3 is 2.46 bits per heavy atom. The highest BCUT2D eigenvalue weighted by atomic mass is 32.2. The molecule has 5 rings (SSSR count). The molecule has 1 spiro atoms. The summed E-state index contributed by atoms with van der Waals surface area (Å²) in [5, 5.41) is 0.968. The molecule has 1 aliphatic carbocycles. The van der Waals surface area contributed by atoms with Gasteiger partial charge in [0.25, 0.3) is 0 Å². The Morgan fingerprint density at radius 2 is 1.81 bits per heavy atom. The van der Waals surface area contributed by atoms with Crippen LogP contribution in [0.4, 0.5) is 17.2 Å². The van der Waals surface area contributed by atoms with Crippen LogP contribution >= 0.6 is 0 Å². The fourth-order valence-electron chi connectivity index (χ4n) is 5.57. The Bertz CT molecular complexity index is 1480. The monoisotopic (exact) mass is 522 g/mol. The van der Waals surface area contributed by atoms with Gasteiger partial charge in [-0.15, -0.1) is 0 Å². The number of amides is 1. The Labute approximate surface area is 218 Å². The number of likely N-dealkylation sites (N-methyl/N-ethyl adjacent to an activating group) is 1. The highest BCUT2D eigenvalue weighted by Gasteiger charge is 2.54. The van der Waals surface area contributed by atoms with Crippen LogP contribution in [0.15, 0.2) is 36.7 Å². The number of anilines is 3. The number of carbonyl (C=O) groups is 1. The highest BCUT2D eigenvalue weighted by molar-refractivity contribution is 7.92. The van der Waals surface area contributed by atoms with E-state index in [4.69, 9.17) is 0 Å². The molecule has 2 aromatic heterocycles. The van der Waals surface area contributed by atoms with E-state index in [9.17, 15) is 13.2 Å². The van der Waals surface area contributed by atoms with Crippen LogP contribution in [0.25, 0.3) is 22.0 Å². The Kier molecular flexibility index (Phi) is 6.35. The maximum atomic E-state index is 13.2. The quantitative estimate of drug-likeness (QED) is 0.484. The summed E-state index contributed by atoms with van der Waals surface area (Å²) in [4.78, 5) is 28.3. The van der Waals surface area contributed by atoms with Gasteiger partial charge in [0, 0.05) is 43.4 Å². The van der Waals surface area contributed by atoms with Crippen molar-refractivity contribution in [3.05, 3.63) is 42.2 Å². The van der Waals surface area contributed by atoms with Gasteiger partial charge in [-0.25, -0.2) is 13.4 Å². The molecule has 1 amide bonds. The first kappa shape index (κ1) is 25.4. The summed E-state index contributed by atoms with van der Waals surface area (Å²) in [7, 11) is 4.29. The van der Waals surface area contributed by atoms with Crippen molar-refractivity contribution in [1.29, 1.82) is 0 Å². The lowest BCUT2D eigenvalue weighted by atomic mass is 9.64.